The molecule has 0 bridgehead atoms. The minimum absolute atomic E-state index is 0.0761. The van der Waals surface area contributed by atoms with Crippen molar-refractivity contribution in [1.82, 2.24) is 24.5 Å². The molecule has 3 heterocycles. The summed E-state index contributed by atoms with van der Waals surface area (Å²) in [5.74, 6) is 1.12. The molecule has 0 saturated heterocycles. The SMILES string of the molecule is CCN(CCO)C(=O)c1nc2c3c4c(sc3nc(C)n2n1)CCC[C@@H]4C. The van der Waals surface area contributed by atoms with Gasteiger partial charge in [0.05, 0.1) is 12.0 Å². The summed E-state index contributed by atoms with van der Waals surface area (Å²) in [4.78, 5) is 26.0. The Morgan fingerprint density at radius 2 is 2.23 bits per heavy atom. The number of aliphatic hydroxyl groups excluding tert-OH is 1. The second-order valence-electron chi connectivity index (χ2n) is 6.85. The molecule has 0 aliphatic heterocycles. The molecule has 0 spiro atoms. The summed E-state index contributed by atoms with van der Waals surface area (Å²) in [6.45, 7) is 6.74. The zero-order valence-electron chi connectivity index (χ0n) is 15.3. The fraction of sp³-hybridized carbons (Fsp3) is 0.556. The molecule has 3 aromatic rings. The Hall–Kier alpha value is -2.06. The van der Waals surface area contributed by atoms with Gasteiger partial charge in [0.2, 0.25) is 5.82 Å². The van der Waals surface area contributed by atoms with Gasteiger partial charge in [-0.2, -0.15) is 4.52 Å². The molecule has 138 valence electrons. The maximum atomic E-state index is 12.7. The summed E-state index contributed by atoms with van der Waals surface area (Å²) in [6.07, 6.45) is 3.46. The van der Waals surface area contributed by atoms with Gasteiger partial charge < -0.3 is 10.0 Å². The first-order valence-corrected chi connectivity index (χ1v) is 9.95. The Kier molecular flexibility index (Phi) is 4.40. The molecule has 7 nitrogen and oxygen atoms in total. The fourth-order valence-electron chi connectivity index (χ4n) is 3.84. The van der Waals surface area contributed by atoms with Gasteiger partial charge in [0, 0.05) is 18.0 Å². The lowest BCUT2D eigenvalue weighted by atomic mass is 9.87. The van der Waals surface area contributed by atoms with Gasteiger partial charge in [-0.05, 0) is 44.6 Å². The lowest BCUT2D eigenvalue weighted by molar-refractivity contribution is 0.0720. The first-order valence-electron chi connectivity index (χ1n) is 9.13. The van der Waals surface area contributed by atoms with E-state index < -0.39 is 0 Å². The highest BCUT2D eigenvalue weighted by Crippen LogP contribution is 2.42. The van der Waals surface area contributed by atoms with E-state index in [9.17, 15) is 9.90 Å². The fourth-order valence-corrected chi connectivity index (χ4v) is 5.22. The van der Waals surface area contributed by atoms with Crippen molar-refractivity contribution in [1.29, 1.82) is 0 Å². The van der Waals surface area contributed by atoms with Crippen molar-refractivity contribution in [3.05, 3.63) is 22.1 Å². The van der Waals surface area contributed by atoms with E-state index in [-0.39, 0.29) is 24.9 Å². The van der Waals surface area contributed by atoms with Gasteiger partial charge in [-0.15, -0.1) is 16.4 Å². The molecule has 4 rings (SSSR count). The molecule has 0 aromatic carbocycles. The van der Waals surface area contributed by atoms with Crippen LogP contribution < -0.4 is 0 Å². The number of aryl methyl sites for hydroxylation is 2. The second-order valence-corrected chi connectivity index (χ2v) is 7.93. The van der Waals surface area contributed by atoms with Gasteiger partial charge in [0.1, 0.15) is 10.7 Å². The topological polar surface area (TPSA) is 83.6 Å². The molecule has 3 aromatic heterocycles. The summed E-state index contributed by atoms with van der Waals surface area (Å²) in [7, 11) is 0. The van der Waals surface area contributed by atoms with Gasteiger partial charge in [-0.1, -0.05) is 6.92 Å². The summed E-state index contributed by atoms with van der Waals surface area (Å²) >= 11 is 1.75. The molecular weight excluding hydrogens is 350 g/mol. The Labute approximate surface area is 155 Å². The predicted octanol–water partition coefficient (Wildman–Crippen LogP) is 2.54. The molecule has 0 unspecified atom stereocenters. The molecular formula is C18H23N5O2S. The molecule has 0 saturated carbocycles. The third-order valence-corrected chi connectivity index (χ3v) is 6.33. The van der Waals surface area contributed by atoms with Crippen molar-refractivity contribution in [2.24, 2.45) is 0 Å². The number of thiophene rings is 1. The number of carbonyl (C=O) groups is 1. The van der Waals surface area contributed by atoms with Gasteiger partial charge >= 0.3 is 0 Å². The monoisotopic (exact) mass is 373 g/mol. The Morgan fingerprint density at radius 3 is 2.96 bits per heavy atom. The van der Waals surface area contributed by atoms with Crippen molar-refractivity contribution in [3.8, 4) is 0 Å². The van der Waals surface area contributed by atoms with Gasteiger partial charge in [-0.25, -0.2) is 9.97 Å². The van der Waals surface area contributed by atoms with Crippen LogP contribution in [0.2, 0.25) is 0 Å². The number of hydrogen-bond acceptors (Lipinski definition) is 6. The van der Waals surface area contributed by atoms with Crippen LogP contribution in [0.25, 0.3) is 15.9 Å². The van der Waals surface area contributed by atoms with Crippen LogP contribution in [0.3, 0.4) is 0 Å². The number of fused-ring (bicyclic) bond motifs is 5. The number of rotatable bonds is 4. The van der Waals surface area contributed by atoms with E-state index in [4.69, 9.17) is 4.98 Å². The third-order valence-electron chi connectivity index (χ3n) is 5.17. The van der Waals surface area contributed by atoms with Crippen LogP contribution >= 0.6 is 11.3 Å². The average molecular weight is 373 g/mol. The number of carbonyl (C=O) groups excluding carboxylic acids is 1. The largest absolute Gasteiger partial charge is 0.395 e. The Morgan fingerprint density at radius 1 is 1.42 bits per heavy atom. The van der Waals surface area contributed by atoms with Crippen molar-refractivity contribution >= 4 is 33.1 Å². The van der Waals surface area contributed by atoms with E-state index in [1.165, 1.54) is 23.3 Å². The normalized spacial score (nSPS) is 17.0. The number of nitrogens with zero attached hydrogens (tertiary/aromatic N) is 5. The highest BCUT2D eigenvalue weighted by molar-refractivity contribution is 7.19. The molecule has 26 heavy (non-hydrogen) atoms. The Balaban J connectivity index is 1.92. The van der Waals surface area contributed by atoms with Gasteiger partial charge in [0.15, 0.2) is 5.65 Å². The molecule has 1 N–H and O–H groups in total. The molecule has 0 radical (unpaired) electrons. The van der Waals surface area contributed by atoms with Gasteiger partial charge in [-0.3, -0.25) is 4.79 Å². The highest BCUT2D eigenvalue weighted by Gasteiger charge is 2.27. The van der Waals surface area contributed by atoms with Crippen LogP contribution in [0.1, 0.15) is 59.5 Å². The summed E-state index contributed by atoms with van der Waals surface area (Å²) < 4.78 is 1.69. The van der Waals surface area contributed by atoms with E-state index in [1.54, 1.807) is 20.8 Å². The van der Waals surface area contributed by atoms with E-state index >= 15 is 0 Å². The minimum atomic E-state index is -0.255. The van der Waals surface area contributed by atoms with Crippen LogP contribution in [-0.2, 0) is 6.42 Å². The van der Waals surface area contributed by atoms with Gasteiger partial charge in [0.25, 0.3) is 5.91 Å². The lowest BCUT2D eigenvalue weighted by Gasteiger charge is -2.18. The summed E-state index contributed by atoms with van der Waals surface area (Å²) in [5, 5.41) is 14.7. The summed E-state index contributed by atoms with van der Waals surface area (Å²) in [6, 6.07) is 0. The molecule has 8 heteroatoms. The average Bonchev–Trinajstić information content (AvgIpc) is 3.21. The van der Waals surface area contributed by atoms with E-state index in [1.807, 2.05) is 13.8 Å². The molecule has 1 atom stereocenters. The maximum Gasteiger partial charge on any atom is 0.293 e. The van der Waals surface area contributed by atoms with Crippen molar-refractivity contribution < 1.29 is 9.90 Å². The van der Waals surface area contributed by atoms with Crippen LogP contribution in [0.5, 0.6) is 0 Å². The quantitative estimate of drug-likeness (QED) is 0.760. The van der Waals surface area contributed by atoms with Crippen LogP contribution in [-0.4, -0.2) is 55.2 Å². The standard InChI is InChI=1S/C18H23N5O2S/c1-4-22(8-9-24)18(25)15-20-16-14-13-10(2)6-5-7-12(13)26-17(14)19-11(3)23(16)21-15/h10,24H,4-9H2,1-3H3/t10-/m0/s1. The zero-order chi connectivity index (χ0) is 18.4. The van der Waals surface area contributed by atoms with E-state index in [0.717, 1.165) is 28.1 Å². The first kappa shape index (κ1) is 17.4. The van der Waals surface area contributed by atoms with Crippen molar-refractivity contribution in [2.45, 2.75) is 46.0 Å². The third kappa shape index (κ3) is 2.59. The Bertz CT molecular complexity index is 993. The number of amides is 1. The first-order chi connectivity index (χ1) is 12.5. The highest BCUT2D eigenvalue weighted by atomic mass is 32.1. The number of hydrogen-bond donors (Lipinski definition) is 1. The van der Waals surface area contributed by atoms with Crippen LogP contribution in [0.4, 0.5) is 0 Å². The zero-order valence-corrected chi connectivity index (χ0v) is 16.1. The molecule has 0 fully saturated rings. The lowest BCUT2D eigenvalue weighted by Crippen LogP contribution is -2.34. The van der Waals surface area contributed by atoms with E-state index in [0.29, 0.717) is 12.5 Å². The smallest absolute Gasteiger partial charge is 0.293 e. The molecule has 1 aliphatic carbocycles. The predicted molar refractivity (Wildman–Crippen MR) is 101 cm³/mol. The number of aromatic nitrogens is 4. The van der Waals surface area contributed by atoms with E-state index in [2.05, 4.69) is 17.0 Å². The number of likely N-dealkylation sites (N-methyl/N-ethyl adjacent to an activating group) is 1. The molecule has 1 amide bonds. The van der Waals surface area contributed by atoms with Crippen molar-refractivity contribution in [3.63, 3.8) is 0 Å². The number of aliphatic hydroxyl groups is 1. The second kappa shape index (κ2) is 6.59. The van der Waals surface area contributed by atoms with Crippen LogP contribution in [0.15, 0.2) is 0 Å². The van der Waals surface area contributed by atoms with Crippen molar-refractivity contribution in [2.75, 3.05) is 19.7 Å². The minimum Gasteiger partial charge on any atom is -0.395 e. The molecule has 1 aliphatic rings. The maximum absolute atomic E-state index is 12.7. The van der Waals surface area contributed by atoms with Crippen LogP contribution in [0, 0.1) is 6.92 Å². The summed E-state index contributed by atoms with van der Waals surface area (Å²) in [5.41, 5.74) is 2.06.